The van der Waals surface area contributed by atoms with Crippen LogP contribution in [0, 0.1) is 18.3 Å². The summed E-state index contributed by atoms with van der Waals surface area (Å²) in [5, 5.41) is 12.3. The summed E-state index contributed by atoms with van der Waals surface area (Å²) in [7, 11) is 0. The molecule has 0 radical (unpaired) electrons. The molecule has 0 aliphatic carbocycles. The van der Waals surface area contributed by atoms with Crippen molar-refractivity contribution in [2.75, 3.05) is 36.9 Å². The third-order valence-corrected chi connectivity index (χ3v) is 5.86. The Morgan fingerprint density at radius 1 is 1.38 bits per heavy atom. The van der Waals surface area contributed by atoms with Gasteiger partial charge in [0.15, 0.2) is 5.16 Å². The number of carbonyl (C=O) groups is 1. The van der Waals surface area contributed by atoms with Gasteiger partial charge in [0.05, 0.1) is 24.9 Å². The van der Waals surface area contributed by atoms with Crippen molar-refractivity contribution in [3.63, 3.8) is 0 Å². The maximum atomic E-state index is 11.9. The number of piperidine rings is 1. The van der Waals surface area contributed by atoms with Gasteiger partial charge in [-0.25, -0.2) is 0 Å². The van der Waals surface area contributed by atoms with Gasteiger partial charge in [0, 0.05) is 19.7 Å². The van der Waals surface area contributed by atoms with Crippen molar-refractivity contribution < 1.29 is 9.53 Å². The van der Waals surface area contributed by atoms with Crippen LogP contribution in [0.5, 0.6) is 0 Å². The maximum absolute atomic E-state index is 11.9. The zero-order valence-corrected chi connectivity index (χ0v) is 16.1. The molecule has 0 saturated carbocycles. The van der Waals surface area contributed by atoms with Crippen molar-refractivity contribution in [2.24, 2.45) is 5.92 Å². The van der Waals surface area contributed by atoms with Crippen LogP contribution in [-0.4, -0.2) is 58.8 Å². The van der Waals surface area contributed by atoms with Crippen LogP contribution in [0.4, 0.5) is 5.95 Å². The first-order chi connectivity index (χ1) is 12.7. The van der Waals surface area contributed by atoms with Crippen LogP contribution in [0.2, 0.25) is 0 Å². The number of hydrogen-bond acceptors (Lipinski definition) is 6. The molecular formula is C18H27N5O2S. The number of carbonyl (C=O) groups excluding carboxylic acids is 1. The van der Waals surface area contributed by atoms with E-state index in [1.54, 1.807) is 0 Å². The fourth-order valence-electron chi connectivity index (χ4n) is 3.31. The molecule has 26 heavy (non-hydrogen) atoms. The predicted octanol–water partition coefficient (Wildman–Crippen LogP) is 1.53. The van der Waals surface area contributed by atoms with E-state index in [9.17, 15) is 4.79 Å². The first kappa shape index (κ1) is 19.1. The van der Waals surface area contributed by atoms with Gasteiger partial charge >= 0.3 is 0 Å². The van der Waals surface area contributed by atoms with Crippen LogP contribution in [0.15, 0.2) is 5.16 Å². The lowest BCUT2D eigenvalue weighted by molar-refractivity contribution is -0.118. The number of terminal acetylenes is 1. The van der Waals surface area contributed by atoms with Crippen molar-refractivity contribution in [3.05, 3.63) is 0 Å². The smallest absolute Gasteiger partial charge is 0.231 e. The van der Waals surface area contributed by atoms with Gasteiger partial charge in [-0.2, -0.15) is 0 Å². The first-order valence-electron chi connectivity index (χ1n) is 9.30. The second-order valence-corrected chi connectivity index (χ2v) is 7.91. The molecular weight excluding hydrogens is 350 g/mol. The third-order valence-electron chi connectivity index (χ3n) is 4.89. The fourth-order valence-corrected chi connectivity index (χ4v) is 4.09. The average Bonchev–Trinajstić information content (AvgIpc) is 3.29. The molecule has 7 nitrogen and oxygen atoms in total. The molecule has 3 heterocycles. The fraction of sp³-hybridized carbons (Fsp3) is 0.722. The molecule has 1 amide bonds. The highest BCUT2D eigenvalue weighted by molar-refractivity contribution is 7.99. The highest BCUT2D eigenvalue weighted by Gasteiger charge is 2.26. The Labute approximate surface area is 159 Å². The lowest BCUT2D eigenvalue weighted by Crippen LogP contribution is -2.35. The van der Waals surface area contributed by atoms with Gasteiger partial charge in [0.1, 0.15) is 0 Å². The van der Waals surface area contributed by atoms with Crippen LogP contribution >= 0.6 is 11.8 Å². The minimum atomic E-state index is -0.0898. The molecule has 2 aliphatic heterocycles. The maximum Gasteiger partial charge on any atom is 0.231 e. The molecule has 0 spiro atoms. The SMILES string of the molecule is C#CCNC(=O)CSc1nnc(N2CCC(C)CC2)n1C[C@H]1CCCO1. The highest BCUT2D eigenvalue weighted by atomic mass is 32.2. The second kappa shape index (κ2) is 9.28. The quantitative estimate of drug-likeness (QED) is 0.574. The lowest BCUT2D eigenvalue weighted by Gasteiger charge is -2.31. The topological polar surface area (TPSA) is 72.3 Å². The van der Waals surface area contributed by atoms with Crippen molar-refractivity contribution in [2.45, 2.75) is 50.4 Å². The molecule has 1 aromatic heterocycles. The third kappa shape index (κ3) is 4.92. The molecule has 2 fully saturated rings. The van der Waals surface area contributed by atoms with E-state index < -0.39 is 0 Å². The molecule has 3 rings (SSSR count). The zero-order valence-electron chi connectivity index (χ0n) is 15.3. The second-order valence-electron chi connectivity index (χ2n) is 6.97. The van der Waals surface area contributed by atoms with E-state index in [1.165, 1.54) is 24.6 Å². The number of rotatable bonds is 7. The van der Waals surface area contributed by atoms with Crippen LogP contribution in [0.25, 0.3) is 0 Å². The van der Waals surface area contributed by atoms with E-state index in [2.05, 4.69) is 37.8 Å². The van der Waals surface area contributed by atoms with Crippen molar-refractivity contribution in [1.82, 2.24) is 20.1 Å². The summed E-state index contributed by atoms with van der Waals surface area (Å²) >= 11 is 1.40. The Kier molecular flexibility index (Phi) is 6.80. The lowest BCUT2D eigenvalue weighted by atomic mass is 10.00. The largest absolute Gasteiger partial charge is 0.376 e. The summed E-state index contributed by atoms with van der Waals surface area (Å²) < 4.78 is 7.94. The number of aromatic nitrogens is 3. The summed E-state index contributed by atoms with van der Waals surface area (Å²) in [6.45, 7) is 6.10. The number of nitrogens with zero attached hydrogens (tertiary/aromatic N) is 4. The monoisotopic (exact) mass is 377 g/mol. The summed E-state index contributed by atoms with van der Waals surface area (Å²) in [4.78, 5) is 14.2. The highest BCUT2D eigenvalue weighted by Crippen LogP contribution is 2.27. The van der Waals surface area contributed by atoms with Gasteiger partial charge in [-0.1, -0.05) is 24.6 Å². The summed E-state index contributed by atoms with van der Waals surface area (Å²) in [6, 6.07) is 0. The molecule has 2 saturated heterocycles. The van der Waals surface area contributed by atoms with E-state index in [0.717, 1.165) is 56.1 Å². The summed E-state index contributed by atoms with van der Waals surface area (Å²) in [6.07, 6.45) is 9.87. The van der Waals surface area contributed by atoms with Crippen LogP contribution in [-0.2, 0) is 16.1 Å². The van der Waals surface area contributed by atoms with E-state index >= 15 is 0 Å². The summed E-state index contributed by atoms with van der Waals surface area (Å²) in [5.41, 5.74) is 0. The van der Waals surface area contributed by atoms with Crippen molar-refractivity contribution in [1.29, 1.82) is 0 Å². The summed E-state index contributed by atoms with van der Waals surface area (Å²) in [5.74, 6) is 4.26. The average molecular weight is 378 g/mol. The Hall–Kier alpha value is -1.72. The Morgan fingerprint density at radius 2 is 2.19 bits per heavy atom. The van der Waals surface area contributed by atoms with Gasteiger partial charge in [-0.05, 0) is 31.6 Å². The number of anilines is 1. The van der Waals surface area contributed by atoms with Crippen LogP contribution < -0.4 is 10.2 Å². The molecule has 142 valence electrons. The Morgan fingerprint density at radius 3 is 2.88 bits per heavy atom. The van der Waals surface area contributed by atoms with Crippen LogP contribution in [0.1, 0.15) is 32.6 Å². The Bertz CT molecular complexity index is 642. The van der Waals surface area contributed by atoms with Gasteiger partial charge in [0.25, 0.3) is 0 Å². The van der Waals surface area contributed by atoms with Gasteiger partial charge in [0.2, 0.25) is 11.9 Å². The standard InChI is InChI=1S/C18H27N5O2S/c1-3-8-19-16(24)13-26-18-21-20-17(22-9-6-14(2)7-10-22)23(18)12-15-5-4-11-25-15/h1,14-15H,4-13H2,2H3,(H,19,24)/t15-/m1/s1. The number of ether oxygens (including phenoxy) is 1. The van der Waals surface area contributed by atoms with E-state index in [-0.39, 0.29) is 24.3 Å². The van der Waals surface area contributed by atoms with E-state index in [4.69, 9.17) is 11.2 Å². The molecule has 8 heteroatoms. The van der Waals surface area contributed by atoms with Crippen LogP contribution in [0.3, 0.4) is 0 Å². The number of hydrogen-bond donors (Lipinski definition) is 1. The van der Waals surface area contributed by atoms with Crippen molar-refractivity contribution >= 4 is 23.6 Å². The first-order valence-corrected chi connectivity index (χ1v) is 10.3. The Balaban J connectivity index is 1.70. The predicted molar refractivity (Wildman–Crippen MR) is 102 cm³/mol. The molecule has 0 aromatic carbocycles. The molecule has 0 bridgehead atoms. The molecule has 1 aromatic rings. The minimum Gasteiger partial charge on any atom is -0.376 e. The zero-order chi connectivity index (χ0) is 18.4. The number of thioether (sulfide) groups is 1. The van der Waals surface area contributed by atoms with Crippen molar-refractivity contribution in [3.8, 4) is 12.3 Å². The van der Waals surface area contributed by atoms with Gasteiger partial charge < -0.3 is 15.0 Å². The molecule has 2 aliphatic rings. The number of nitrogens with one attached hydrogen (secondary N) is 1. The molecule has 1 atom stereocenters. The normalized spacial score (nSPS) is 20.9. The molecule has 1 N–H and O–H groups in total. The minimum absolute atomic E-state index is 0.0898. The van der Waals surface area contributed by atoms with E-state index in [0.29, 0.717) is 0 Å². The van der Waals surface area contributed by atoms with Gasteiger partial charge in [-0.15, -0.1) is 16.6 Å². The van der Waals surface area contributed by atoms with E-state index in [1.807, 2.05) is 0 Å². The molecule has 0 unspecified atom stereocenters. The van der Waals surface area contributed by atoms with Gasteiger partial charge in [-0.3, -0.25) is 9.36 Å². The number of amides is 1.